The van der Waals surface area contributed by atoms with E-state index in [0.717, 1.165) is 18.4 Å². The van der Waals surface area contributed by atoms with Gasteiger partial charge in [-0.2, -0.15) is 15.8 Å². The maximum atomic E-state index is 9.19. The van der Waals surface area contributed by atoms with Gasteiger partial charge in [0.15, 0.2) is 0 Å². The van der Waals surface area contributed by atoms with Gasteiger partial charge in [-0.25, -0.2) is 0 Å². The van der Waals surface area contributed by atoms with Gasteiger partial charge in [-0.15, -0.1) is 0 Å². The molecule has 1 atom stereocenters. The van der Waals surface area contributed by atoms with Crippen molar-refractivity contribution < 1.29 is 0 Å². The SMILES string of the molecule is CC1(C)CC(=C(C#N)C#N)CC(C)(C#N)C1. The lowest BCUT2D eigenvalue weighted by Crippen LogP contribution is -2.31. The minimum atomic E-state index is -0.448. The monoisotopic (exact) mass is 213 g/mol. The largest absolute Gasteiger partial charge is 0.198 e. The van der Waals surface area contributed by atoms with Crippen LogP contribution in [-0.4, -0.2) is 0 Å². The molecule has 0 aromatic heterocycles. The summed E-state index contributed by atoms with van der Waals surface area (Å²) in [6.07, 6.45) is 2.09. The van der Waals surface area contributed by atoms with E-state index >= 15 is 0 Å². The molecular weight excluding hydrogens is 198 g/mol. The van der Waals surface area contributed by atoms with E-state index in [9.17, 15) is 5.26 Å². The number of nitrogens with zero attached hydrogens (tertiary/aromatic N) is 3. The summed E-state index contributed by atoms with van der Waals surface area (Å²) < 4.78 is 0. The minimum absolute atomic E-state index is 0.0169. The van der Waals surface area contributed by atoms with Crippen molar-refractivity contribution in [1.82, 2.24) is 0 Å². The minimum Gasteiger partial charge on any atom is -0.198 e. The van der Waals surface area contributed by atoms with Gasteiger partial charge in [0.1, 0.15) is 17.7 Å². The van der Waals surface area contributed by atoms with Gasteiger partial charge in [0.25, 0.3) is 0 Å². The maximum Gasteiger partial charge on any atom is 0.128 e. The van der Waals surface area contributed by atoms with Crippen LogP contribution < -0.4 is 0 Å². The van der Waals surface area contributed by atoms with Crippen molar-refractivity contribution in [2.24, 2.45) is 10.8 Å². The third-order valence-electron chi connectivity index (χ3n) is 3.01. The Morgan fingerprint density at radius 2 is 1.62 bits per heavy atom. The highest BCUT2D eigenvalue weighted by molar-refractivity contribution is 5.42. The molecule has 0 aromatic rings. The highest BCUT2D eigenvalue weighted by Gasteiger charge is 2.40. The van der Waals surface area contributed by atoms with Crippen LogP contribution in [0.25, 0.3) is 0 Å². The molecule has 1 aliphatic carbocycles. The third kappa shape index (κ3) is 2.41. The molecule has 1 unspecified atom stereocenters. The average molecular weight is 213 g/mol. The van der Waals surface area contributed by atoms with Gasteiger partial charge < -0.3 is 0 Å². The summed E-state index contributed by atoms with van der Waals surface area (Å²) in [5, 5.41) is 26.9. The number of rotatable bonds is 0. The molecule has 16 heavy (non-hydrogen) atoms. The Balaban J connectivity index is 3.20. The molecule has 1 rings (SSSR count). The molecule has 0 heterocycles. The predicted molar refractivity (Wildman–Crippen MR) is 59.6 cm³/mol. The highest BCUT2D eigenvalue weighted by atomic mass is 14.5. The van der Waals surface area contributed by atoms with E-state index in [1.54, 1.807) is 0 Å². The van der Waals surface area contributed by atoms with Gasteiger partial charge >= 0.3 is 0 Å². The zero-order chi connectivity index (χ0) is 12.4. The van der Waals surface area contributed by atoms with Crippen molar-refractivity contribution in [2.45, 2.75) is 40.0 Å². The standard InChI is InChI=1S/C13H15N3/c1-12(2)4-10(11(6-14)7-15)5-13(3,8-12)9-16/h4-5,8H2,1-3H3. The Labute approximate surface area is 96.6 Å². The summed E-state index contributed by atoms with van der Waals surface area (Å²) >= 11 is 0. The number of hydrogen-bond donors (Lipinski definition) is 0. The van der Waals surface area contributed by atoms with Gasteiger partial charge in [0.2, 0.25) is 0 Å². The Kier molecular flexibility index (Phi) is 3.06. The summed E-state index contributed by atoms with van der Waals surface area (Å²) in [6, 6.07) is 6.18. The van der Waals surface area contributed by atoms with Crippen molar-refractivity contribution in [3.8, 4) is 18.2 Å². The van der Waals surface area contributed by atoms with E-state index in [1.807, 2.05) is 19.1 Å². The quantitative estimate of drug-likeness (QED) is 0.580. The summed E-state index contributed by atoms with van der Waals surface area (Å²) in [7, 11) is 0. The molecule has 0 spiro atoms. The van der Waals surface area contributed by atoms with Crippen LogP contribution in [0.1, 0.15) is 40.0 Å². The van der Waals surface area contributed by atoms with Crippen LogP contribution in [0, 0.1) is 44.8 Å². The molecule has 0 saturated heterocycles. The fourth-order valence-electron chi connectivity index (χ4n) is 2.73. The van der Waals surface area contributed by atoms with Crippen LogP contribution in [-0.2, 0) is 0 Å². The lowest BCUT2D eigenvalue weighted by molar-refractivity contribution is 0.184. The summed E-state index contributed by atoms with van der Waals surface area (Å²) in [5.41, 5.74) is 0.562. The molecule has 0 amide bonds. The van der Waals surface area contributed by atoms with Crippen molar-refractivity contribution in [1.29, 1.82) is 15.8 Å². The molecular formula is C13H15N3. The van der Waals surface area contributed by atoms with Gasteiger partial charge in [0, 0.05) is 0 Å². The first-order valence-electron chi connectivity index (χ1n) is 5.29. The molecule has 82 valence electrons. The topological polar surface area (TPSA) is 71.4 Å². The van der Waals surface area contributed by atoms with E-state index in [2.05, 4.69) is 19.9 Å². The van der Waals surface area contributed by atoms with E-state index in [-0.39, 0.29) is 11.0 Å². The first-order valence-corrected chi connectivity index (χ1v) is 5.29. The second-order valence-electron chi connectivity index (χ2n) is 5.57. The zero-order valence-electron chi connectivity index (χ0n) is 9.96. The molecule has 0 aromatic carbocycles. The summed E-state index contributed by atoms with van der Waals surface area (Å²) in [5.74, 6) is 0. The van der Waals surface area contributed by atoms with E-state index < -0.39 is 5.41 Å². The molecule has 1 fully saturated rings. The predicted octanol–water partition coefficient (Wildman–Crippen LogP) is 3.07. The first kappa shape index (κ1) is 12.3. The smallest absolute Gasteiger partial charge is 0.128 e. The molecule has 0 N–H and O–H groups in total. The van der Waals surface area contributed by atoms with Crippen molar-refractivity contribution in [3.63, 3.8) is 0 Å². The Morgan fingerprint density at radius 3 is 2.06 bits per heavy atom. The lowest BCUT2D eigenvalue weighted by Gasteiger charge is -2.40. The van der Waals surface area contributed by atoms with Gasteiger partial charge in [-0.05, 0) is 37.2 Å². The maximum absolute atomic E-state index is 9.19. The zero-order valence-corrected chi connectivity index (χ0v) is 9.96. The first-order chi connectivity index (χ1) is 7.36. The molecule has 3 heteroatoms. The molecule has 1 aliphatic rings. The van der Waals surface area contributed by atoms with Gasteiger partial charge in [-0.1, -0.05) is 13.8 Å². The van der Waals surface area contributed by atoms with E-state index in [4.69, 9.17) is 10.5 Å². The fraction of sp³-hybridized carbons (Fsp3) is 0.615. The van der Waals surface area contributed by atoms with Gasteiger partial charge in [-0.3, -0.25) is 0 Å². The second kappa shape index (κ2) is 3.99. The number of nitriles is 3. The van der Waals surface area contributed by atoms with Crippen molar-refractivity contribution in [3.05, 3.63) is 11.1 Å². The molecule has 0 bridgehead atoms. The van der Waals surface area contributed by atoms with Crippen LogP contribution in [0.3, 0.4) is 0 Å². The van der Waals surface area contributed by atoms with Crippen LogP contribution in [0.2, 0.25) is 0 Å². The molecule has 0 aliphatic heterocycles. The normalized spacial score (nSPS) is 27.4. The van der Waals surface area contributed by atoms with Crippen molar-refractivity contribution >= 4 is 0 Å². The molecule has 0 radical (unpaired) electrons. The average Bonchev–Trinajstić information content (AvgIpc) is 2.17. The van der Waals surface area contributed by atoms with Gasteiger partial charge in [0.05, 0.1) is 11.5 Å². The summed E-state index contributed by atoms with van der Waals surface area (Å²) in [4.78, 5) is 0. The lowest BCUT2D eigenvalue weighted by atomic mass is 9.62. The fourth-order valence-corrected chi connectivity index (χ4v) is 2.73. The summed E-state index contributed by atoms with van der Waals surface area (Å²) in [6.45, 7) is 6.06. The Bertz CT molecular complexity index is 435. The highest BCUT2D eigenvalue weighted by Crippen LogP contribution is 2.48. The Hall–Kier alpha value is -1.79. The van der Waals surface area contributed by atoms with Crippen LogP contribution in [0.4, 0.5) is 0 Å². The third-order valence-corrected chi connectivity index (χ3v) is 3.01. The molecule has 3 nitrogen and oxygen atoms in total. The van der Waals surface area contributed by atoms with E-state index in [0.29, 0.717) is 6.42 Å². The second-order valence-corrected chi connectivity index (χ2v) is 5.57. The van der Waals surface area contributed by atoms with Crippen LogP contribution >= 0.6 is 0 Å². The molecule has 1 saturated carbocycles. The van der Waals surface area contributed by atoms with Crippen LogP contribution in [0.5, 0.6) is 0 Å². The van der Waals surface area contributed by atoms with Crippen molar-refractivity contribution in [2.75, 3.05) is 0 Å². The van der Waals surface area contributed by atoms with Crippen LogP contribution in [0.15, 0.2) is 11.1 Å². The number of allylic oxidation sites excluding steroid dienone is 2. The van der Waals surface area contributed by atoms with E-state index in [1.165, 1.54) is 0 Å². The number of hydrogen-bond acceptors (Lipinski definition) is 3. The Morgan fingerprint density at radius 1 is 1.06 bits per heavy atom.